The highest BCUT2D eigenvalue weighted by Crippen LogP contribution is 2.27. The van der Waals surface area contributed by atoms with Gasteiger partial charge < -0.3 is 0 Å². The fraction of sp³-hybridized carbons (Fsp3) is 0.333. The third-order valence-electron chi connectivity index (χ3n) is 1.62. The first-order chi connectivity index (χ1) is 5.27. The molecule has 0 aromatic carbocycles. The van der Waals surface area contributed by atoms with E-state index in [0.29, 0.717) is 0 Å². The molecule has 2 heterocycles. The van der Waals surface area contributed by atoms with Crippen LogP contribution in [0, 0.1) is 3.83 Å². The molecule has 0 N–H and O–H groups in total. The number of hydrogen-bond acceptors (Lipinski definition) is 3. The monoisotopic (exact) mass is 373 g/mol. The molecule has 0 radical (unpaired) electrons. The molecule has 1 aliphatic heterocycles. The Morgan fingerprint density at radius 1 is 1.55 bits per heavy atom. The predicted molar refractivity (Wildman–Crippen MR) is 59.8 cm³/mol. The fourth-order valence-corrected chi connectivity index (χ4v) is 2.11. The standard InChI is InChI=1S/C6H5I2N3/c7-6-9-3-4-1-2-11(8)5(4)10-6/h3H,1-2H2. The van der Waals surface area contributed by atoms with Crippen LogP contribution in [0.4, 0.5) is 5.82 Å². The summed E-state index contributed by atoms with van der Waals surface area (Å²) >= 11 is 4.41. The van der Waals surface area contributed by atoms with E-state index in [1.54, 1.807) is 0 Å². The summed E-state index contributed by atoms with van der Waals surface area (Å²) in [5.74, 6) is 1.09. The van der Waals surface area contributed by atoms with E-state index >= 15 is 0 Å². The molecule has 0 atom stereocenters. The van der Waals surface area contributed by atoms with Crippen LogP contribution in [0.15, 0.2) is 6.20 Å². The molecule has 58 valence electrons. The maximum Gasteiger partial charge on any atom is 0.192 e. The van der Waals surface area contributed by atoms with E-state index in [4.69, 9.17) is 0 Å². The van der Waals surface area contributed by atoms with Crippen molar-refractivity contribution < 1.29 is 0 Å². The number of aromatic nitrogens is 2. The van der Waals surface area contributed by atoms with Gasteiger partial charge in [0.2, 0.25) is 0 Å². The summed E-state index contributed by atoms with van der Waals surface area (Å²) in [4.78, 5) is 8.46. The molecule has 3 nitrogen and oxygen atoms in total. The molecule has 0 aliphatic carbocycles. The van der Waals surface area contributed by atoms with Crippen molar-refractivity contribution in [2.45, 2.75) is 6.42 Å². The molecule has 0 bridgehead atoms. The zero-order chi connectivity index (χ0) is 7.84. The lowest BCUT2D eigenvalue weighted by molar-refractivity contribution is 1.06. The third kappa shape index (κ3) is 1.44. The number of rotatable bonds is 0. The SMILES string of the molecule is Ic1ncc2c(n1)N(I)CC2. The third-order valence-corrected chi connectivity index (χ3v) is 3.08. The largest absolute Gasteiger partial charge is 0.299 e. The summed E-state index contributed by atoms with van der Waals surface area (Å²) < 4.78 is 2.96. The second-order valence-electron chi connectivity index (χ2n) is 2.32. The van der Waals surface area contributed by atoms with Crippen molar-refractivity contribution in [1.29, 1.82) is 0 Å². The molecule has 0 saturated heterocycles. The second kappa shape index (κ2) is 3.00. The predicted octanol–water partition coefficient (Wildman–Crippen LogP) is 1.79. The molecule has 0 fully saturated rings. The minimum atomic E-state index is 0.824. The normalized spacial score (nSPS) is 15.3. The Balaban J connectivity index is 2.52. The Morgan fingerprint density at radius 3 is 3.18 bits per heavy atom. The average molecular weight is 373 g/mol. The molecule has 11 heavy (non-hydrogen) atoms. The molecule has 0 unspecified atom stereocenters. The lowest BCUT2D eigenvalue weighted by Gasteiger charge is -2.06. The van der Waals surface area contributed by atoms with Gasteiger partial charge in [-0.2, -0.15) is 0 Å². The molecule has 0 spiro atoms. The summed E-state index contributed by atoms with van der Waals surface area (Å²) in [6.07, 6.45) is 3.00. The highest BCUT2D eigenvalue weighted by Gasteiger charge is 2.18. The van der Waals surface area contributed by atoms with Crippen molar-refractivity contribution in [2.24, 2.45) is 0 Å². The Bertz CT molecular complexity index is 289. The van der Waals surface area contributed by atoms with E-state index < -0.39 is 0 Å². The van der Waals surface area contributed by atoms with E-state index in [0.717, 1.165) is 22.6 Å². The van der Waals surface area contributed by atoms with Crippen LogP contribution in [-0.2, 0) is 6.42 Å². The topological polar surface area (TPSA) is 29.0 Å². The summed E-state index contributed by atoms with van der Waals surface area (Å²) in [7, 11) is 0. The van der Waals surface area contributed by atoms with Gasteiger partial charge in [-0.3, -0.25) is 3.11 Å². The Hall–Kier alpha value is 0.340. The van der Waals surface area contributed by atoms with Gasteiger partial charge in [0.1, 0.15) is 5.82 Å². The fourth-order valence-electron chi connectivity index (χ4n) is 1.09. The molecular formula is C6H5I2N3. The quantitative estimate of drug-likeness (QED) is 0.395. The van der Waals surface area contributed by atoms with Crippen LogP contribution in [0.5, 0.6) is 0 Å². The maximum absolute atomic E-state index is 4.33. The Morgan fingerprint density at radius 2 is 2.36 bits per heavy atom. The van der Waals surface area contributed by atoms with E-state index in [9.17, 15) is 0 Å². The van der Waals surface area contributed by atoms with Gasteiger partial charge >= 0.3 is 0 Å². The first kappa shape index (κ1) is 7.96. The van der Waals surface area contributed by atoms with Gasteiger partial charge in [0, 0.05) is 40.9 Å². The van der Waals surface area contributed by atoms with Crippen LogP contribution in [0.25, 0.3) is 0 Å². The van der Waals surface area contributed by atoms with Crippen molar-refractivity contribution in [3.63, 3.8) is 0 Å². The van der Waals surface area contributed by atoms with Crippen molar-refractivity contribution in [2.75, 3.05) is 9.66 Å². The Kier molecular flexibility index (Phi) is 2.17. The molecule has 1 aromatic rings. The van der Waals surface area contributed by atoms with Crippen LogP contribution in [0.2, 0.25) is 0 Å². The molecule has 5 heteroatoms. The number of nitrogens with zero attached hydrogens (tertiary/aromatic N) is 3. The van der Waals surface area contributed by atoms with Gasteiger partial charge in [0.25, 0.3) is 0 Å². The minimum absolute atomic E-state index is 0.824. The van der Waals surface area contributed by atoms with Gasteiger partial charge in [0.05, 0.1) is 22.9 Å². The summed E-state index contributed by atoms with van der Waals surface area (Å²) in [6, 6.07) is 0. The average Bonchev–Trinajstić information content (AvgIpc) is 2.33. The zero-order valence-corrected chi connectivity index (χ0v) is 9.90. The second-order valence-corrected chi connectivity index (χ2v) is 4.45. The van der Waals surface area contributed by atoms with Crippen molar-refractivity contribution in [1.82, 2.24) is 9.97 Å². The summed E-state index contributed by atoms with van der Waals surface area (Å²) in [5.41, 5.74) is 1.26. The molecule has 0 amide bonds. The van der Waals surface area contributed by atoms with Crippen LogP contribution >= 0.6 is 45.5 Å². The molecular weight excluding hydrogens is 368 g/mol. The number of hydrogen-bond donors (Lipinski definition) is 0. The smallest absolute Gasteiger partial charge is 0.192 e. The highest BCUT2D eigenvalue weighted by molar-refractivity contribution is 14.1. The van der Waals surface area contributed by atoms with Crippen molar-refractivity contribution in [3.05, 3.63) is 15.6 Å². The first-order valence-electron chi connectivity index (χ1n) is 3.22. The van der Waals surface area contributed by atoms with Crippen LogP contribution in [0.1, 0.15) is 5.56 Å². The van der Waals surface area contributed by atoms with Crippen molar-refractivity contribution in [3.8, 4) is 0 Å². The molecule has 1 aliphatic rings. The molecule has 0 saturated carbocycles. The van der Waals surface area contributed by atoms with E-state index in [1.165, 1.54) is 5.56 Å². The van der Waals surface area contributed by atoms with Gasteiger partial charge in [-0.25, -0.2) is 9.97 Å². The Labute approximate surface area is 92.2 Å². The minimum Gasteiger partial charge on any atom is -0.299 e. The molecule has 2 rings (SSSR count). The lowest BCUT2D eigenvalue weighted by atomic mass is 10.3. The maximum atomic E-state index is 4.33. The van der Waals surface area contributed by atoms with E-state index in [1.807, 2.05) is 6.20 Å². The van der Waals surface area contributed by atoms with Gasteiger partial charge in [-0.1, -0.05) is 0 Å². The summed E-state index contributed by atoms with van der Waals surface area (Å²) in [5, 5.41) is 0. The van der Waals surface area contributed by atoms with Crippen LogP contribution in [-0.4, -0.2) is 16.5 Å². The van der Waals surface area contributed by atoms with Crippen molar-refractivity contribution >= 4 is 51.3 Å². The first-order valence-corrected chi connectivity index (χ1v) is 5.26. The van der Waals surface area contributed by atoms with Gasteiger partial charge in [-0.15, -0.1) is 0 Å². The zero-order valence-electron chi connectivity index (χ0n) is 5.59. The van der Waals surface area contributed by atoms with Crippen LogP contribution < -0.4 is 3.11 Å². The number of anilines is 1. The van der Waals surface area contributed by atoms with E-state index in [-0.39, 0.29) is 0 Å². The lowest BCUT2D eigenvalue weighted by Crippen LogP contribution is -2.05. The number of halogens is 2. The van der Waals surface area contributed by atoms with E-state index in [2.05, 4.69) is 58.5 Å². The van der Waals surface area contributed by atoms with Gasteiger partial charge in [-0.05, 0) is 6.42 Å². The van der Waals surface area contributed by atoms with Gasteiger partial charge in [0.15, 0.2) is 3.83 Å². The number of fused-ring (bicyclic) bond motifs is 1. The van der Waals surface area contributed by atoms with Crippen LogP contribution in [0.3, 0.4) is 0 Å². The highest BCUT2D eigenvalue weighted by atomic mass is 127. The summed E-state index contributed by atoms with van der Waals surface area (Å²) in [6.45, 7) is 1.06. The molecule has 1 aromatic heterocycles.